The second-order valence-electron chi connectivity index (χ2n) is 6.97. The Kier molecular flexibility index (Phi) is 4.45. The lowest BCUT2D eigenvalue weighted by atomic mass is 9.82. The van der Waals surface area contributed by atoms with E-state index >= 15 is 0 Å². The fourth-order valence-corrected chi connectivity index (χ4v) is 3.96. The number of anilines is 2. The van der Waals surface area contributed by atoms with Crippen LogP contribution in [0, 0.1) is 12.3 Å². The molecular formula is C20H19N5O3S. The molecule has 0 aliphatic heterocycles. The Bertz CT molecular complexity index is 1220. The van der Waals surface area contributed by atoms with E-state index in [0.29, 0.717) is 22.0 Å². The summed E-state index contributed by atoms with van der Waals surface area (Å²) in [5, 5.41) is 12.6. The number of fused-ring (bicyclic) bond motifs is 1. The summed E-state index contributed by atoms with van der Waals surface area (Å²) in [4.78, 5) is 32.0. The van der Waals surface area contributed by atoms with Crippen molar-refractivity contribution in [2.75, 3.05) is 16.9 Å². The first-order valence-electron chi connectivity index (χ1n) is 8.79. The molecule has 0 amide bonds. The van der Waals surface area contributed by atoms with Crippen molar-refractivity contribution in [1.82, 2.24) is 9.97 Å². The number of terminal acetylenes is 1. The van der Waals surface area contributed by atoms with Crippen molar-refractivity contribution in [3.63, 3.8) is 0 Å². The first kappa shape index (κ1) is 18.9. The molecule has 29 heavy (non-hydrogen) atoms. The number of carbonyl (C=O) groups excluding carboxylic acids is 2. The number of aromatic amines is 1. The molecule has 9 heteroatoms. The maximum absolute atomic E-state index is 12.2. The molecule has 5 N–H and O–H groups in total. The molecule has 8 nitrogen and oxygen atoms in total. The second kappa shape index (κ2) is 6.84. The topological polar surface area (TPSA) is 130 Å². The van der Waals surface area contributed by atoms with E-state index < -0.39 is 33.8 Å². The van der Waals surface area contributed by atoms with Gasteiger partial charge in [-0.3, -0.25) is 18.9 Å². The number of aromatic nitrogens is 2. The molecule has 1 saturated carbocycles. The minimum Gasteiger partial charge on any atom is -0.371 e. The van der Waals surface area contributed by atoms with E-state index in [4.69, 9.17) is 11.6 Å². The molecule has 2 unspecified atom stereocenters. The van der Waals surface area contributed by atoms with Gasteiger partial charge in [0.2, 0.25) is 11.6 Å². The zero-order chi connectivity index (χ0) is 20.8. The third-order valence-corrected chi connectivity index (χ3v) is 6.17. The van der Waals surface area contributed by atoms with Gasteiger partial charge in [-0.1, -0.05) is 5.92 Å². The number of nitrogens with one attached hydrogen (secondary N) is 3. The molecule has 2 aromatic heterocycles. The fourth-order valence-electron chi connectivity index (χ4n) is 3.21. The summed E-state index contributed by atoms with van der Waals surface area (Å²) >= 11 is 0. The fraction of sp³-hybridized carbons (Fsp3) is 0.150. The summed E-state index contributed by atoms with van der Waals surface area (Å²) in [6.45, 7) is 0. The predicted molar refractivity (Wildman–Crippen MR) is 113 cm³/mol. The highest BCUT2D eigenvalue weighted by Crippen LogP contribution is 2.29. The van der Waals surface area contributed by atoms with Crippen molar-refractivity contribution in [2.45, 2.75) is 17.0 Å². The molecule has 4 rings (SSSR count). The van der Waals surface area contributed by atoms with Gasteiger partial charge in [-0.15, -0.1) is 6.42 Å². The second-order valence-corrected chi connectivity index (χ2v) is 9.47. The number of rotatable bonds is 5. The first-order chi connectivity index (χ1) is 13.8. The number of ketones is 2. The van der Waals surface area contributed by atoms with E-state index in [1.165, 1.54) is 12.5 Å². The molecule has 0 spiro atoms. The third-order valence-electron chi connectivity index (χ3n) is 4.86. The van der Waals surface area contributed by atoms with E-state index in [0.717, 1.165) is 10.9 Å². The number of hydrogen-bond acceptors (Lipinski definition) is 6. The minimum atomic E-state index is -2.93. The maximum atomic E-state index is 12.2. The van der Waals surface area contributed by atoms with E-state index in [2.05, 4.69) is 26.5 Å². The van der Waals surface area contributed by atoms with Crippen molar-refractivity contribution in [3.8, 4) is 12.3 Å². The molecular weight excluding hydrogens is 390 g/mol. The molecule has 2 atom stereocenters. The van der Waals surface area contributed by atoms with Crippen LogP contribution < -0.4 is 15.8 Å². The molecule has 1 aliphatic rings. The zero-order valence-corrected chi connectivity index (χ0v) is 16.4. The van der Waals surface area contributed by atoms with Crippen molar-refractivity contribution in [1.29, 1.82) is 0 Å². The van der Waals surface area contributed by atoms with Crippen molar-refractivity contribution < 1.29 is 13.8 Å². The summed E-state index contributed by atoms with van der Waals surface area (Å²) in [6.07, 6.45) is 10.00. The highest BCUT2D eigenvalue weighted by atomic mass is 32.3. The summed E-state index contributed by atoms with van der Waals surface area (Å²) in [5.74, 6) is 1.87. The first-order valence-corrected chi connectivity index (χ1v) is 11.0. The Morgan fingerprint density at radius 2 is 1.90 bits per heavy atom. The average Bonchev–Trinajstić information content (AvgIpc) is 3.12. The monoisotopic (exact) mass is 409 g/mol. The van der Waals surface area contributed by atoms with Crippen LogP contribution in [0.3, 0.4) is 0 Å². The van der Waals surface area contributed by atoms with Gasteiger partial charge < -0.3 is 15.6 Å². The molecule has 2 heterocycles. The lowest BCUT2D eigenvalue weighted by Gasteiger charge is -2.34. The number of nitrogens with zero attached hydrogens (tertiary/aromatic N) is 1. The predicted octanol–water partition coefficient (Wildman–Crippen LogP) is 0.836. The van der Waals surface area contributed by atoms with Gasteiger partial charge in [0.25, 0.3) is 0 Å². The largest absolute Gasteiger partial charge is 0.371 e. The van der Waals surface area contributed by atoms with Gasteiger partial charge in [0.15, 0.2) is 0 Å². The summed E-state index contributed by atoms with van der Waals surface area (Å²) in [5.41, 5.74) is 2.02. The van der Waals surface area contributed by atoms with Gasteiger partial charge in [0, 0.05) is 40.0 Å². The van der Waals surface area contributed by atoms with Gasteiger partial charge in [0.05, 0.1) is 5.69 Å². The van der Waals surface area contributed by atoms with Gasteiger partial charge in [-0.05, 0) is 40.5 Å². The number of thiol groups is 1. The quantitative estimate of drug-likeness (QED) is 0.241. The van der Waals surface area contributed by atoms with Crippen LogP contribution in [0.2, 0.25) is 0 Å². The molecule has 0 radical (unpaired) electrons. The van der Waals surface area contributed by atoms with E-state index in [9.17, 15) is 13.8 Å². The number of pyridine rings is 1. The van der Waals surface area contributed by atoms with Crippen molar-refractivity contribution >= 4 is 44.1 Å². The molecule has 1 aliphatic carbocycles. The van der Waals surface area contributed by atoms with Crippen LogP contribution in [0.4, 0.5) is 11.5 Å². The van der Waals surface area contributed by atoms with Gasteiger partial charge in [-0.25, -0.2) is 4.98 Å². The van der Waals surface area contributed by atoms with Crippen LogP contribution in [0.5, 0.6) is 0 Å². The molecule has 1 aromatic carbocycles. The number of hydrogen-bond donors (Lipinski definition) is 5. The van der Waals surface area contributed by atoms with Crippen molar-refractivity contribution in [2.24, 2.45) is 5.14 Å². The standard InChI is InChI=1S/C20H19N5O3S/c1-3-11-4-7-16(23-9-11)25-18-17(19(26)20(18)27)24-15-10-22-14-6-5-12(8-13(14)15)29(2,21)28/h1,4-10,17-18,22,24,29H,2H3,(H2,21,28)(H,23,25). The lowest BCUT2D eigenvalue weighted by molar-refractivity contribution is -0.144. The van der Waals surface area contributed by atoms with Crippen LogP contribution in [-0.4, -0.2) is 44.1 Å². The molecule has 148 valence electrons. The molecule has 0 saturated heterocycles. The lowest BCUT2D eigenvalue weighted by Crippen LogP contribution is -2.64. The van der Waals surface area contributed by atoms with Crippen LogP contribution in [0.15, 0.2) is 47.6 Å². The minimum absolute atomic E-state index is 0.443. The van der Waals surface area contributed by atoms with Crippen LogP contribution >= 0.6 is 0 Å². The maximum Gasteiger partial charge on any atom is 0.225 e. The average molecular weight is 409 g/mol. The Labute approximate surface area is 167 Å². The highest BCUT2D eigenvalue weighted by molar-refractivity contribution is 8.00. The summed E-state index contributed by atoms with van der Waals surface area (Å²) in [6, 6.07) is 7.04. The third kappa shape index (κ3) is 3.40. The zero-order valence-electron chi connectivity index (χ0n) is 15.5. The summed E-state index contributed by atoms with van der Waals surface area (Å²) < 4.78 is 12.2. The van der Waals surface area contributed by atoms with E-state index in [1.807, 2.05) is 0 Å². The Morgan fingerprint density at radius 3 is 2.52 bits per heavy atom. The smallest absolute Gasteiger partial charge is 0.225 e. The van der Waals surface area contributed by atoms with Crippen molar-refractivity contribution in [3.05, 3.63) is 48.3 Å². The molecule has 0 bridgehead atoms. The Hall–Kier alpha value is -3.48. The number of carbonyl (C=O) groups is 2. The number of H-pyrrole nitrogens is 1. The Balaban J connectivity index is 1.59. The normalized spacial score (nSPS) is 19.5. The molecule has 3 aromatic rings. The molecule has 1 fully saturated rings. The van der Waals surface area contributed by atoms with E-state index in [1.54, 1.807) is 36.5 Å². The number of benzene rings is 1. The number of nitrogens with two attached hydrogens (primary N) is 1. The highest BCUT2D eigenvalue weighted by Gasteiger charge is 2.49. The Morgan fingerprint density at radius 1 is 1.17 bits per heavy atom. The van der Waals surface area contributed by atoms with Gasteiger partial charge in [0.1, 0.15) is 17.9 Å². The van der Waals surface area contributed by atoms with Gasteiger partial charge >= 0.3 is 0 Å². The van der Waals surface area contributed by atoms with E-state index in [-0.39, 0.29) is 0 Å². The van der Waals surface area contributed by atoms with Crippen LogP contribution in [-0.2, 0) is 19.7 Å². The number of Topliss-reactive ketones (excluding diaryl/α,β-unsaturated/α-hetero) is 2. The van der Waals surface area contributed by atoms with Crippen LogP contribution in [0.1, 0.15) is 5.56 Å². The SMILES string of the molecule is C#Cc1ccc(NC2C(=O)C(=O)C2Nc2c[nH]c3ccc([SH](C)(N)=O)cc23)nc1. The van der Waals surface area contributed by atoms with Crippen LogP contribution in [0.25, 0.3) is 10.9 Å². The van der Waals surface area contributed by atoms with Gasteiger partial charge in [-0.2, -0.15) is 0 Å². The summed E-state index contributed by atoms with van der Waals surface area (Å²) in [7, 11) is -2.93.